The van der Waals surface area contributed by atoms with E-state index in [1.165, 1.54) is 10.6 Å². The van der Waals surface area contributed by atoms with Gasteiger partial charge in [0.15, 0.2) is 5.89 Å². The van der Waals surface area contributed by atoms with Gasteiger partial charge in [0.2, 0.25) is 15.8 Å². The fraction of sp³-hybridized carbons (Fsp3) is 0.692. The summed E-state index contributed by atoms with van der Waals surface area (Å²) in [5, 5.41) is 0. The summed E-state index contributed by atoms with van der Waals surface area (Å²) in [6.45, 7) is 5.31. The number of hydrogen-bond donors (Lipinski definition) is 0. The fourth-order valence-electron chi connectivity index (χ4n) is 2.37. The van der Waals surface area contributed by atoms with Gasteiger partial charge in [-0.05, 0) is 13.3 Å². The number of hydrogen-bond acceptors (Lipinski definition) is 5. The van der Waals surface area contributed by atoms with Gasteiger partial charge in [0.1, 0.15) is 0 Å². The summed E-state index contributed by atoms with van der Waals surface area (Å²) in [5.74, 6) is 0.596. The number of carbonyl (C=O) groups excluding carboxylic acids is 1. The number of sulfonamides is 1. The van der Waals surface area contributed by atoms with Crippen LogP contribution in [-0.2, 0) is 16.4 Å². The highest BCUT2D eigenvalue weighted by atomic mass is 32.2. The molecule has 0 saturated carbocycles. The first-order chi connectivity index (χ1) is 9.82. The summed E-state index contributed by atoms with van der Waals surface area (Å²) < 4.78 is 30.0. The van der Waals surface area contributed by atoms with E-state index in [2.05, 4.69) is 4.98 Å². The molecule has 7 nitrogen and oxygen atoms in total. The smallest absolute Gasteiger partial charge is 0.291 e. The van der Waals surface area contributed by atoms with Crippen molar-refractivity contribution >= 4 is 15.9 Å². The van der Waals surface area contributed by atoms with Crippen LogP contribution in [0, 0.1) is 6.92 Å². The third kappa shape index (κ3) is 3.62. The minimum Gasteiger partial charge on any atom is -0.435 e. The van der Waals surface area contributed by atoms with E-state index in [4.69, 9.17) is 4.42 Å². The topological polar surface area (TPSA) is 83.7 Å². The lowest BCUT2D eigenvalue weighted by molar-refractivity contribution is 0.0729. The Bertz CT molecular complexity index is 623. The zero-order valence-corrected chi connectivity index (χ0v) is 13.4. The van der Waals surface area contributed by atoms with Gasteiger partial charge < -0.3 is 9.32 Å². The standard InChI is InChI=1S/C13H21N3O4S/c1-4-11-14-10(2)12(20-11)13(17)15-6-5-7-16(9-8-15)21(3,18)19/h4-9H2,1-3H3. The number of rotatable bonds is 3. The molecule has 1 aliphatic heterocycles. The van der Waals surface area contributed by atoms with E-state index in [1.807, 2.05) is 6.92 Å². The number of nitrogens with zero attached hydrogens (tertiary/aromatic N) is 3. The van der Waals surface area contributed by atoms with E-state index in [-0.39, 0.29) is 11.7 Å². The van der Waals surface area contributed by atoms with Crippen LogP contribution in [0.15, 0.2) is 4.42 Å². The van der Waals surface area contributed by atoms with Crippen molar-refractivity contribution in [2.45, 2.75) is 26.7 Å². The van der Waals surface area contributed by atoms with Crippen LogP contribution in [0.1, 0.15) is 35.5 Å². The normalized spacial score (nSPS) is 17.8. The van der Waals surface area contributed by atoms with Crippen molar-refractivity contribution in [1.29, 1.82) is 0 Å². The minimum atomic E-state index is -3.21. The van der Waals surface area contributed by atoms with Gasteiger partial charge in [0.25, 0.3) is 5.91 Å². The lowest BCUT2D eigenvalue weighted by Gasteiger charge is -2.20. The van der Waals surface area contributed by atoms with Gasteiger partial charge >= 0.3 is 0 Å². The monoisotopic (exact) mass is 315 g/mol. The van der Waals surface area contributed by atoms with Crippen LogP contribution >= 0.6 is 0 Å². The third-order valence-electron chi connectivity index (χ3n) is 3.55. The average Bonchev–Trinajstić information content (AvgIpc) is 2.63. The highest BCUT2D eigenvalue weighted by Gasteiger charge is 2.27. The van der Waals surface area contributed by atoms with Gasteiger partial charge in [0.05, 0.1) is 11.9 Å². The molecule has 0 aliphatic carbocycles. The predicted octanol–water partition coefficient (Wildman–Crippen LogP) is 0.653. The van der Waals surface area contributed by atoms with Crippen LogP contribution in [0.2, 0.25) is 0 Å². The summed E-state index contributed by atoms with van der Waals surface area (Å²) in [7, 11) is -3.21. The number of aryl methyl sites for hydroxylation is 2. The van der Waals surface area contributed by atoms with E-state index in [0.29, 0.717) is 50.6 Å². The molecule has 8 heteroatoms. The van der Waals surface area contributed by atoms with Crippen molar-refractivity contribution < 1.29 is 17.6 Å². The molecule has 1 fully saturated rings. The quantitative estimate of drug-likeness (QED) is 0.818. The molecule has 1 aromatic rings. The third-order valence-corrected chi connectivity index (χ3v) is 4.85. The maximum absolute atomic E-state index is 12.5. The second-order valence-corrected chi connectivity index (χ2v) is 7.17. The Morgan fingerprint density at radius 2 is 2.00 bits per heavy atom. The Balaban J connectivity index is 2.11. The van der Waals surface area contributed by atoms with E-state index in [1.54, 1.807) is 11.8 Å². The van der Waals surface area contributed by atoms with Gasteiger partial charge in [-0.25, -0.2) is 17.7 Å². The van der Waals surface area contributed by atoms with E-state index in [0.717, 1.165) is 0 Å². The largest absolute Gasteiger partial charge is 0.435 e. The molecule has 0 unspecified atom stereocenters. The summed E-state index contributed by atoms with van der Waals surface area (Å²) in [6, 6.07) is 0. The van der Waals surface area contributed by atoms with Crippen LogP contribution in [0.3, 0.4) is 0 Å². The Morgan fingerprint density at radius 1 is 1.29 bits per heavy atom. The van der Waals surface area contributed by atoms with Crippen molar-refractivity contribution in [2.24, 2.45) is 0 Å². The number of carbonyl (C=O) groups is 1. The Hall–Kier alpha value is -1.41. The average molecular weight is 315 g/mol. The van der Waals surface area contributed by atoms with Crippen molar-refractivity contribution in [3.63, 3.8) is 0 Å². The molecule has 1 aliphatic rings. The Kier molecular flexibility index (Phi) is 4.67. The van der Waals surface area contributed by atoms with Crippen LogP contribution in [-0.4, -0.2) is 60.9 Å². The Morgan fingerprint density at radius 3 is 2.57 bits per heavy atom. The SMILES string of the molecule is CCc1nc(C)c(C(=O)N2CCCN(S(C)(=O)=O)CC2)o1. The lowest BCUT2D eigenvalue weighted by Crippen LogP contribution is -2.37. The van der Waals surface area contributed by atoms with Crippen molar-refractivity contribution in [3.8, 4) is 0 Å². The van der Waals surface area contributed by atoms with Gasteiger partial charge in [0, 0.05) is 32.6 Å². The molecular weight excluding hydrogens is 294 g/mol. The summed E-state index contributed by atoms with van der Waals surface area (Å²) in [4.78, 5) is 18.3. The molecule has 0 atom stereocenters. The molecule has 2 rings (SSSR count). The number of oxazole rings is 1. The summed E-state index contributed by atoms with van der Waals surface area (Å²) in [5.41, 5.74) is 0.584. The van der Waals surface area contributed by atoms with Crippen LogP contribution in [0.4, 0.5) is 0 Å². The van der Waals surface area contributed by atoms with Gasteiger partial charge in [-0.1, -0.05) is 6.92 Å². The van der Waals surface area contributed by atoms with Crippen molar-refractivity contribution in [3.05, 3.63) is 17.3 Å². The van der Waals surface area contributed by atoms with E-state index < -0.39 is 10.0 Å². The molecule has 0 radical (unpaired) electrons. The van der Waals surface area contributed by atoms with Crippen LogP contribution < -0.4 is 0 Å². The zero-order valence-electron chi connectivity index (χ0n) is 12.6. The maximum Gasteiger partial charge on any atom is 0.291 e. The van der Waals surface area contributed by atoms with Gasteiger partial charge in [-0.2, -0.15) is 0 Å². The molecule has 1 amide bonds. The number of aromatic nitrogens is 1. The van der Waals surface area contributed by atoms with Crippen LogP contribution in [0.5, 0.6) is 0 Å². The molecule has 0 bridgehead atoms. The van der Waals surface area contributed by atoms with Crippen LogP contribution in [0.25, 0.3) is 0 Å². The first kappa shape index (κ1) is 16.0. The fourth-order valence-corrected chi connectivity index (χ4v) is 3.25. The molecule has 0 aromatic carbocycles. The number of amides is 1. The highest BCUT2D eigenvalue weighted by Crippen LogP contribution is 2.16. The first-order valence-corrected chi connectivity index (χ1v) is 8.88. The van der Waals surface area contributed by atoms with E-state index in [9.17, 15) is 13.2 Å². The van der Waals surface area contributed by atoms with E-state index >= 15 is 0 Å². The molecule has 118 valence electrons. The Labute approximate surface area is 125 Å². The zero-order chi connectivity index (χ0) is 15.6. The summed E-state index contributed by atoms with van der Waals surface area (Å²) in [6.07, 6.45) is 2.45. The van der Waals surface area contributed by atoms with Crippen molar-refractivity contribution in [1.82, 2.24) is 14.2 Å². The molecule has 1 saturated heterocycles. The second-order valence-electron chi connectivity index (χ2n) is 5.18. The molecular formula is C13H21N3O4S. The lowest BCUT2D eigenvalue weighted by atomic mass is 10.3. The molecule has 21 heavy (non-hydrogen) atoms. The molecule has 1 aromatic heterocycles. The second kappa shape index (κ2) is 6.15. The molecule has 2 heterocycles. The van der Waals surface area contributed by atoms with Gasteiger partial charge in [-0.15, -0.1) is 0 Å². The molecule has 0 N–H and O–H groups in total. The maximum atomic E-state index is 12.5. The summed E-state index contributed by atoms with van der Waals surface area (Å²) >= 11 is 0. The molecule has 0 spiro atoms. The first-order valence-electron chi connectivity index (χ1n) is 7.03. The predicted molar refractivity (Wildman–Crippen MR) is 77.6 cm³/mol. The highest BCUT2D eigenvalue weighted by molar-refractivity contribution is 7.88. The van der Waals surface area contributed by atoms with Gasteiger partial charge in [-0.3, -0.25) is 4.79 Å². The van der Waals surface area contributed by atoms with Crippen molar-refractivity contribution in [2.75, 3.05) is 32.4 Å². The minimum absolute atomic E-state index is 0.213.